The van der Waals surface area contributed by atoms with Gasteiger partial charge in [0.15, 0.2) is 0 Å². The Balaban J connectivity index is 1.08. The van der Waals surface area contributed by atoms with Crippen molar-refractivity contribution < 1.29 is 24.2 Å². The Kier molecular flexibility index (Phi) is 6.26. The lowest BCUT2D eigenvalue weighted by molar-refractivity contribution is -0.154. The molecule has 0 radical (unpaired) electrons. The molecule has 2 amide bonds. The van der Waals surface area contributed by atoms with Crippen LogP contribution >= 0.6 is 0 Å². The van der Waals surface area contributed by atoms with E-state index in [1.54, 1.807) is 4.90 Å². The van der Waals surface area contributed by atoms with Gasteiger partial charge >= 0.3 is 12.1 Å². The van der Waals surface area contributed by atoms with Gasteiger partial charge in [-0.15, -0.1) is 0 Å². The molecule has 7 heteroatoms. The topological polar surface area (TPSA) is 95.9 Å². The smallest absolute Gasteiger partial charge is 0.407 e. The zero-order valence-electron chi connectivity index (χ0n) is 20.0. The molecule has 0 aromatic heterocycles. The molecule has 1 unspecified atom stereocenters. The molecule has 7 nitrogen and oxygen atoms in total. The molecule has 184 valence electrons. The third kappa shape index (κ3) is 4.28. The van der Waals surface area contributed by atoms with Crippen molar-refractivity contribution in [3.05, 3.63) is 59.7 Å². The molecule has 1 heterocycles. The van der Waals surface area contributed by atoms with E-state index in [0.29, 0.717) is 32.2 Å². The molecule has 3 atom stereocenters. The molecular weight excluding hydrogens is 444 g/mol. The number of carbonyl (C=O) groups is 3. The summed E-state index contributed by atoms with van der Waals surface area (Å²) in [7, 11) is 0. The molecule has 2 aromatic carbocycles. The lowest BCUT2D eigenvalue weighted by Gasteiger charge is -2.33. The Labute approximate surface area is 205 Å². The van der Waals surface area contributed by atoms with Gasteiger partial charge in [0.2, 0.25) is 5.91 Å². The van der Waals surface area contributed by atoms with Crippen molar-refractivity contribution in [2.24, 2.45) is 5.92 Å². The van der Waals surface area contributed by atoms with Crippen LogP contribution in [-0.4, -0.2) is 52.7 Å². The van der Waals surface area contributed by atoms with E-state index < -0.39 is 17.6 Å². The fourth-order valence-electron chi connectivity index (χ4n) is 6.02. The lowest BCUT2D eigenvalue weighted by atomic mass is 9.98. The number of benzene rings is 2. The number of hydrogen-bond donors (Lipinski definition) is 2. The highest BCUT2D eigenvalue weighted by molar-refractivity contribution is 5.90. The Bertz CT molecular complexity index is 1100. The van der Waals surface area contributed by atoms with Crippen LogP contribution in [0.1, 0.15) is 62.5 Å². The van der Waals surface area contributed by atoms with E-state index >= 15 is 0 Å². The number of carboxylic acid groups (broad SMARTS) is 1. The number of piperidine rings is 1. The fourth-order valence-corrected chi connectivity index (χ4v) is 6.02. The largest absolute Gasteiger partial charge is 0.479 e. The zero-order valence-corrected chi connectivity index (χ0v) is 20.0. The van der Waals surface area contributed by atoms with Crippen LogP contribution in [0.15, 0.2) is 48.5 Å². The third-order valence-electron chi connectivity index (χ3n) is 7.90. The van der Waals surface area contributed by atoms with Gasteiger partial charge in [-0.3, -0.25) is 4.79 Å². The van der Waals surface area contributed by atoms with Gasteiger partial charge in [0.25, 0.3) is 0 Å². The number of carboxylic acids is 1. The third-order valence-corrected chi connectivity index (χ3v) is 7.90. The van der Waals surface area contributed by atoms with E-state index in [0.717, 1.165) is 12.8 Å². The van der Waals surface area contributed by atoms with Crippen LogP contribution < -0.4 is 5.32 Å². The highest BCUT2D eigenvalue weighted by atomic mass is 16.5. The molecule has 35 heavy (non-hydrogen) atoms. The second kappa shape index (κ2) is 9.36. The molecule has 3 aliphatic rings. The number of rotatable bonds is 8. The molecule has 2 aliphatic carbocycles. The van der Waals surface area contributed by atoms with Crippen LogP contribution in [0.25, 0.3) is 11.1 Å². The number of nitrogens with zero attached hydrogens (tertiary/aromatic N) is 1. The van der Waals surface area contributed by atoms with Crippen molar-refractivity contribution in [2.45, 2.75) is 62.9 Å². The van der Waals surface area contributed by atoms with Gasteiger partial charge in [0, 0.05) is 24.9 Å². The molecule has 2 aromatic rings. The summed E-state index contributed by atoms with van der Waals surface area (Å²) in [6.07, 6.45) is 3.36. The number of amides is 2. The monoisotopic (exact) mass is 476 g/mol. The Morgan fingerprint density at radius 1 is 1.11 bits per heavy atom. The standard InChI is InChI=1S/C28H32N2O5/c1-18(8-6-14-25(31)30-15-7-9-19-16-28(19,30)26(32)33)29-27(34)35-17-24-22-12-4-2-10-20(22)21-11-3-5-13-23(21)24/h2-5,10-13,18-19,24H,6-9,14-17H2,1H3,(H,29,34)(H,32,33)/t18?,19-,28+/m1/s1. The molecular formula is C28H32N2O5. The lowest BCUT2D eigenvalue weighted by Crippen LogP contribution is -2.51. The minimum atomic E-state index is -0.958. The maximum Gasteiger partial charge on any atom is 0.407 e. The molecule has 0 spiro atoms. The SMILES string of the molecule is CC(CCCC(=O)N1CCC[C@@H]2C[C@@]21C(=O)O)NC(=O)OCC1c2ccccc2-c2ccccc21. The van der Waals surface area contributed by atoms with E-state index in [9.17, 15) is 19.5 Å². The van der Waals surface area contributed by atoms with E-state index in [1.807, 2.05) is 31.2 Å². The minimum Gasteiger partial charge on any atom is -0.479 e. The fraction of sp³-hybridized carbons (Fsp3) is 0.464. The Morgan fingerprint density at radius 3 is 2.43 bits per heavy atom. The van der Waals surface area contributed by atoms with E-state index in [4.69, 9.17) is 4.74 Å². The number of fused-ring (bicyclic) bond motifs is 4. The maximum absolute atomic E-state index is 12.7. The van der Waals surface area contributed by atoms with Crippen LogP contribution in [0.5, 0.6) is 0 Å². The summed E-state index contributed by atoms with van der Waals surface area (Å²) in [4.78, 5) is 38.6. The summed E-state index contributed by atoms with van der Waals surface area (Å²) in [6, 6.07) is 16.3. The molecule has 0 bridgehead atoms. The van der Waals surface area contributed by atoms with E-state index in [-0.39, 0.29) is 30.4 Å². The predicted molar refractivity (Wildman–Crippen MR) is 131 cm³/mol. The number of hydrogen-bond acceptors (Lipinski definition) is 4. The van der Waals surface area contributed by atoms with Crippen molar-refractivity contribution in [1.29, 1.82) is 0 Å². The van der Waals surface area contributed by atoms with Crippen molar-refractivity contribution in [3.63, 3.8) is 0 Å². The van der Waals surface area contributed by atoms with Crippen LogP contribution in [0.4, 0.5) is 4.79 Å². The van der Waals surface area contributed by atoms with Gasteiger partial charge in [-0.05, 0) is 67.2 Å². The van der Waals surface area contributed by atoms with Crippen LogP contribution in [-0.2, 0) is 14.3 Å². The van der Waals surface area contributed by atoms with E-state index in [1.165, 1.54) is 22.3 Å². The highest BCUT2D eigenvalue weighted by Crippen LogP contribution is 2.54. The normalized spacial score (nSPS) is 23.0. The van der Waals surface area contributed by atoms with Crippen molar-refractivity contribution in [2.75, 3.05) is 13.2 Å². The molecule has 5 rings (SSSR count). The molecule has 2 fully saturated rings. The second-order valence-corrected chi connectivity index (χ2v) is 10.1. The number of carbonyl (C=O) groups excluding carboxylic acids is 2. The Hall–Kier alpha value is -3.35. The average molecular weight is 477 g/mol. The summed E-state index contributed by atoms with van der Waals surface area (Å²) < 4.78 is 5.60. The number of nitrogens with one attached hydrogen (secondary N) is 1. The van der Waals surface area contributed by atoms with E-state index in [2.05, 4.69) is 29.6 Å². The van der Waals surface area contributed by atoms with Crippen LogP contribution in [0, 0.1) is 5.92 Å². The predicted octanol–water partition coefficient (Wildman–Crippen LogP) is 4.55. The first-order valence-corrected chi connectivity index (χ1v) is 12.6. The van der Waals surface area contributed by atoms with Crippen molar-refractivity contribution >= 4 is 18.0 Å². The first-order chi connectivity index (χ1) is 16.9. The summed E-state index contributed by atoms with van der Waals surface area (Å²) in [5, 5.41) is 12.5. The summed E-state index contributed by atoms with van der Waals surface area (Å²) >= 11 is 0. The van der Waals surface area contributed by atoms with Crippen molar-refractivity contribution in [3.8, 4) is 11.1 Å². The number of alkyl carbamates (subject to hydrolysis) is 1. The number of ether oxygens (including phenoxy) is 1. The number of aliphatic carboxylic acids is 1. The van der Waals surface area contributed by atoms with Gasteiger partial charge in [0.05, 0.1) is 0 Å². The highest BCUT2D eigenvalue weighted by Gasteiger charge is 2.66. The Morgan fingerprint density at radius 2 is 1.77 bits per heavy atom. The van der Waals surface area contributed by atoms with Gasteiger partial charge in [-0.1, -0.05) is 48.5 Å². The quantitative estimate of drug-likeness (QED) is 0.583. The van der Waals surface area contributed by atoms with Gasteiger partial charge in [0.1, 0.15) is 12.1 Å². The summed E-state index contributed by atoms with van der Waals surface area (Å²) in [5.74, 6) is -0.853. The molecule has 2 N–H and O–H groups in total. The van der Waals surface area contributed by atoms with Crippen molar-refractivity contribution in [1.82, 2.24) is 10.2 Å². The number of likely N-dealkylation sites (tertiary alicyclic amines) is 1. The first kappa shape index (κ1) is 23.4. The minimum absolute atomic E-state index is 0.0124. The van der Waals surface area contributed by atoms with Crippen LogP contribution in [0.2, 0.25) is 0 Å². The van der Waals surface area contributed by atoms with Gasteiger partial charge in [-0.25, -0.2) is 9.59 Å². The summed E-state index contributed by atoms with van der Waals surface area (Å²) in [6.45, 7) is 2.68. The molecule has 1 saturated carbocycles. The summed E-state index contributed by atoms with van der Waals surface area (Å²) in [5.41, 5.74) is 3.75. The maximum atomic E-state index is 12.7. The second-order valence-electron chi connectivity index (χ2n) is 10.1. The first-order valence-electron chi connectivity index (χ1n) is 12.6. The molecule has 1 saturated heterocycles. The zero-order chi connectivity index (χ0) is 24.6. The van der Waals surface area contributed by atoms with Crippen LogP contribution in [0.3, 0.4) is 0 Å². The van der Waals surface area contributed by atoms with Gasteiger partial charge < -0.3 is 20.1 Å². The average Bonchev–Trinajstić information content (AvgIpc) is 3.53. The van der Waals surface area contributed by atoms with Gasteiger partial charge in [-0.2, -0.15) is 0 Å². The molecule has 1 aliphatic heterocycles.